The Morgan fingerprint density at radius 2 is 2.08 bits per heavy atom. The summed E-state index contributed by atoms with van der Waals surface area (Å²) in [4.78, 5) is 25.5. The van der Waals surface area contributed by atoms with Gasteiger partial charge in [0, 0.05) is 17.6 Å². The van der Waals surface area contributed by atoms with Crippen LogP contribution in [0.2, 0.25) is 0 Å². The number of ether oxygens (including phenoxy) is 1. The van der Waals surface area contributed by atoms with Crippen LogP contribution in [0.15, 0.2) is 28.7 Å². The fourth-order valence-corrected chi connectivity index (χ4v) is 3.43. The third-order valence-electron chi connectivity index (χ3n) is 4.11. The van der Waals surface area contributed by atoms with E-state index < -0.39 is 17.5 Å². The van der Waals surface area contributed by atoms with Crippen molar-refractivity contribution < 1.29 is 19.4 Å². The first-order valence-electron chi connectivity index (χ1n) is 8.11. The van der Waals surface area contributed by atoms with Crippen LogP contribution in [-0.4, -0.2) is 40.8 Å². The fraction of sp³-hybridized carbons (Fsp3) is 0.556. The van der Waals surface area contributed by atoms with Crippen LogP contribution in [0.3, 0.4) is 0 Å². The Hall–Kier alpha value is -1.60. The van der Waals surface area contributed by atoms with Gasteiger partial charge in [-0.05, 0) is 57.2 Å². The molecular formula is C18H27BrN2O4. The Kier molecular flexibility index (Phi) is 7.44. The van der Waals surface area contributed by atoms with E-state index in [0.717, 1.165) is 10.0 Å². The molecule has 0 aliphatic carbocycles. The molecule has 1 aromatic rings. The zero-order valence-electron chi connectivity index (χ0n) is 15.0. The van der Waals surface area contributed by atoms with Crippen molar-refractivity contribution in [1.29, 1.82) is 0 Å². The van der Waals surface area contributed by atoms with Gasteiger partial charge in [-0.1, -0.05) is 28.1 Å². The molecule has 0 aromatic heterocycles. The van der Waals surface area contributed by atoms with Crippen molar-refractivity contribution in [2.75, 3.05) is 13.1 Å². The Balaban J connectivity index is 0.00000312. The van der Waals surface area contributed by atoms with E-state index in [4.69, 9.17) is 4.74 Å². The second-order valence-electron chi connectivity index (χ2n) is 7.25. The Bertz CT molecular complexity index is 615. The molecule has 1 saturated heterocycles. The normalized spacial score (nSPS) is 18.4. The lowest BCUT2D eigenvalue weighted by Gasteiger charge is -2.25. The van der Waals surface area contributed by atoms with E-state index >= 15 is 0 Å². The maximum Gasteiger partial charge on any atom is 0.410 e. The van der Waals surface area contributed by atoms with Crippen molar-refractivity contribution in [3.05, 3.63) is 34.3 Å². The Labute approximate surface area is 157 Å². The topological polar surface area (TPSA) is 102 Å². The second-order valence-corrected chi connectivity index (χ2v) is 8.17. The summed E-state index contributed by atoms with van der Waals surface area (Å²) in [7, 11) is 0. The highest BCUT2D eigenvalue weighted by Crippen LogP contribution is 2.29. The minimum atomic E-state index is -0.814. The van der Waals surface area contributed by atoms with Crippen molar-refractivity contribution >= 4 is 28.0 Å². The monoisotopic (exact) mass is 414 g/mol. The van der Waals surface area contributed by atoms with E-state index in [2.05, 4.69) is 15.9 Å². The first kappa shape index (κ1) is 21.4. The lowest BCUT2D eigenvalue weighted by molar-refractivity contribution is -0.143. The highest BCUT2D eigenvalue weighted by atomic mass is 79.9. The molecule has 0 unspecified atom stereocenters. The number of amides is 1. The van der Waals surface area contributed by atoms with E-state index in [9.17, 15) is 14.7 Å². The minimum Gasteiger partial charge on any atom is -0.481 e. The number of halogens is 1. The predicted octanol–water partition coefficient (Wildman–Crippen LogP) is 4.11. The molecule has 7 heteroatoms. The van der Waals surface area contributed by atoms with Gasteiger partial charge in [0.2, 0.25) is 0 Å². The second kappa shape index (κ2) is 8.67. The lowest BCUT2D eigenvalue weighted by Crippen LogP contribution is -2.36. The van der Waals surface area contributed by atoms with E-state index in [1.165, 1.54) is 0 Å². The number of rotatable bonds is 4. The molecule has 140 valence electrons. The largest absolute Gasteiger partial charge is 0.481 e. The molecule has 1 heterocycles. The maximum atomic E-state index is 12.2. The van der Waals surface area contributed by atoms with Gasteiger partial charge in [-0.3, -0.25) is 4.79 Å². The number of likely N-dealkylation sites (tertiary alicyclic amines) is 1. The van der Waals surface area contributed by atoms with Crippen molar-refractivity contribution in [3.63, 3.8) is 0 Å². The van der Waals surface area contributed by atoms with Crippen molar-refractivity contribution in [3.8, 4) is 0 Å². The Morgan fingerprint density at radius 1 is 1.40 bits per heavy atom. The summed E-state index contributed by atoms with van der Waals surface area (Å²) in [6.07, 6.45) is 0.780. The SMILES string of the molecule is CC(C)(C)OC(=O)N1CC[C@@H]([C@H](Cc2cccc(Br)c2)C(=O)O)C1.N. The molecule has 2 atom stereocenters. The number of carboxylic acid groups (broad SMARTS) is 1. The molecule has 4 N–H and O–H groups in total. The maximum absolute atomic E-state index is 12.2. The van der Waals surface area contributed by atoms with E-state index in [1.807, 2.05) is 45.0 Å². The zero-order chi connectivity index (χ0) is 17.9. The van der Waals surface area contributed by atoms with Crippen LogP contribution in [-0.2, 0) is 16.0 Å². The molecule has 0 bridgehead atoms. The van der Waals surface area contributed by atoms with Crippen LogP contribution in [0.5, 0.6) is 0 Å². The van der Waals surface area contributed by atoms with Gasteiger partial charge in [0.1, 0.15) is 5.60 Å². The van der Waals surface area contributed by atoms with Crippen LogP contribution in [0.4, 0.5) is 4.79 Å². The highest BCUT2D eigenvalue weighted by Gasteiger charge is 2.37. The number of carboxylic acids is 1. The fourth-order valence-electron chi connectivity index (χ4n) is 2.98. The molecule has 25 heavy (non-hydrogen) atoms. The Morgan fingerprint density at radius 3 is 2.64 bits per heavy atom. The van der Waals surface area contributed by atoms with Gasteiger partial charge in [0.05, 0.1) is 5.92 Å². The van der Waals surface area contributed by atoms with Gasteiger partial charge in [0.25, 0.3) is 0 Å². The third kappa shape index (κ3) is 6.32. The van der Waals surface area contributed by atoms with Gasteiger partial charge >= 0.3 is 12.1 Å². The zero-order valence-corrected chi connectivity index (χ0v) is 16.6. The number of carbonyl (C=O) groups is 2. The highest BCUT2D eigenvalue weighted by molar-refractivity contribution is 9.10. The molecule has 1 amide bonds. The minimum absolute atomic E-state index is 0. The van der Waals surface area contributed by atoms with Gasteiger partial charge in [-0.2, -0.15) is 0 Å². The molecule has 1 aliphatic heterocycles. The number of hydrogen-bond donors (Lipinski definition) is 2. The number of carbonyl (C=O) groups excluding carboxylic acids is 1. The molecular weight excluding hydrogens is 388 g/mol. The lowest BCUT2D eigenvalue weighted by atomic mass is 9.86. The van der Waals surface area contributed by atoms with Gasteiger partial charge in [-0.15, -0.1) is 0 Å². The van der Waals surface area contributed by atoms with Crippen LogP contribution >= 0.6 is 15.9 Å². The summed E-state index contributed by atoms with van der Waals surface area (Å²) in [5.74, 6) is -1.38. The van der Waals surface area contributed by atoms with Gasteiger partial charge in [-0.25, -0.2) is 4.79 Å². The average molecular weight is 415 g/mol. The van der Waals surface area contributed by atoms with E-state index in [-0.39, 0.29) is 18.2 Å². The van der Waals surface area contributed by atoms with E-state index in [1.54, 1.807) is 4.90 Å². The van der Waals surface area contributed by atoms with Crippen LogP contribution in [0, 0.1) is 11.8 Å². The van der Waals surface area contributed by atoms with Crippen molar-refractivity contribution in [2.24, 2.45) is 11.8 Å². The number of nitrogens with zero attached hydrogens (tertiary/aromatic N) is 1. The molecule has 2 rings (SSSR count). The number of aliphatic carboxylic acids is 1. The molecule has 6 nitrogen and oxygen atoms in total. The van der Waals surface area contributed by atoms with Crippen molar-refractivity contribution in [1.82, 2.24) is 11.1 Å². The molecule has 0 spiro atoms. The third-order valence-corrected chi connectivity index (χ3v) is 4.60. The van der Waals surface area contributed by atoms with Gasteiger partial charge < -0.3 is 20.9 Å². The summed E-state index contributed by atoms with van der Waals surface area (Å²) in [6, 6.07) is 7.69. The van der Waals surface area contributed by atoms with Gasteiger partial charge in [0.15, 0.2) is 0 Å². The summed E-state index contributed by atoms with van der Waals surface area (Å²) in [6.45, 7) is 6.45. The van der Waals surface area contributed by atoms with Crippen LogP contribution < -0.4 is 6.15 Å². The van der Waals surface area contributed by atoms with Crippen molar-refractivity contribution in [2.45, 2.75) is 39.2 Å². The first-order valence-corrected chi connectivity index (χ1v) is 8.90. The number of hydrogen-bond acceptors (Lipinski definition) is 4. The summed E-state index contributed by atoms with van der Waals surface area (Å²) >= 11 is 3.41. The summed E-state index contributed by atoms with van der Waals surface area (Å²) in [5.41, 5.74) is 0.435. The van der Waals surface area contributed by atoms with E-state index in [0.29, 0.717) is 25.9 Å². The standard InChI is InChI=1S/C18H24BrNO4.H3N/c1-18(2,3)24-17(23)20-8-7-13(11-20)15(16(21)22)10-12-5-4-6-14(19)9-12;/h4-6,9,13,15H,7-8,10-11H2,1-3H3,(H,21,22);1H3/t13-,15+;/m1./s1. The molecule has 0 radical (unpaired) electrons. The molecule has 1 fully saturated rings. The first-order chi connectivity index (χ1) is 11.2. The predicted molar refractivity (Wildman–Crippen MR) is 99.9 cm³/mol. The molecule has 1 aliphatic rings. The molecule has 0 saturated carbocycles. The number of benzene rings is 1. The quantitative estimate of drug-likeness (QED) is 0.771. The smallest absolute Gasteiger partial charge is 0.410 e. The van der Waals surface area contributed by atoms with Crippen LogP contribution in [0.1, 0.15) is 32.8 Å². The average Bonchev–Trinajstić information content (AvgIpc) is 2.92. The molecule has 1 aromatic carbocycles. The summed E-state index contributed by atoms with van der Waals surface area (Å²) in [5, 5.41) is 9.63. The summed E-state index contributed by atoms with van der Waals surface area (Å²) < 4.78 is 6.31. The van der Waals surface area contributed by atoms with Crippen LogP contribution in [0.25, 0.3) is 0 Å².